The average Bonchev–Trinajstić information content (AvgIpc) is 2.75. The lowest BCUT2D eigenvalue weighted by Crippen LogP contribution is -2.13. The fraction of sp³-hybridized carbons (Fsp3) is 0.0476. The standard InChI is InChI=1S/C21H17N5O2/c1-28-18-10-3-2-8-16(18)26-21-23-12-15(13-24-21)20(27)25-17-9-4-6-14-7-5-11-22-19(14)17/h2-13H,1H3,(H,25,27)(H,23,24,26). The molecule has 0 fully saturated rings. The van der Waals surface area contributed by atoms with Crippen LogP contribution in [0.3, 0.4) is 0 Å². The van der Waals surface area contributed by atoms with Crippen LogP contribution in [0.25, 0.3) is 10.9 Å². The number of hydrogen-bond acceptors (Lipinski definition) is 6. The zero-order valence-electron chi connectivity index (χ0n) is 15.1. The predicted molar refractivity (Wildman–Crippen MR) is 108 cm³/mol. The van der Waals surface area contributed by atoms with Crippen molar-refractivity contribution in [3.63, 3.8) is 0 Å². The summed E-state index contributed by atoms with van der Waals surface area (Å²) in [5, 5.41) is 6.89. The van der Waals surface area contributed by atoms with Crippen molar-refractivity contribution in [2.75, 3.05) is 17.7 Å². The van der Waals surface area contributed by atoms with Crippen LogP contribution in [0.15, 0.2) is 73.2 Å². The Kier molecular flexibility index (Phi) is 4.79. The molecule has 0 aliphatic carbocycles. The molecule has 2 aromatic carbocycles. The van der Waals surface area contributed by atoms with E-state index in [0.29, 0.717) is 22.9 Å². The zero-order chi connectivity index (χ0) is 19.3. The summed E-state index contributed by atoms with van der Waals surface area (Å²) in [7, 11) is 1.59. The van der Waals surface area contributed by atoms with Gasteiger partial charge in [0.2, 0.25) is 5.95 Å². The highest BCUT2D eigenvalue weighted by Crippen LogP contribution is 2.25. The van der Waals surface area contributed by atoms with E-state index in [1.54, 1.807) is 13.3 Å². The second-order valence-electron chi connectivity index (χ2n) is 5.96. The topological polar surface area (TPSA) is 89.0 Å². The van der Waals surface area contributed by atoms with Crippen LogP contribution in [0.5, 0.6) is 5.75 Å². The van der Waals surface area contributed by atoms with Gasteiger partial charge in [-0.15, -0.1) is 0 Å². The van der Waals surface area contributed by atoms with Crippen molar-refractivity contribution in [3.05, 3.63) is 78.8 Å². The first-order chi connectivity index (χ1) is 13.7. The van der Waals surface area contributed by atoms with Gasteiger partial charge in [0.1, 0.15) is 5.75 Å². The van der Waals surface area contributed by atoms with Crippen molar-refractivity contribution in [3.8, 4) is 5.75 Å². The van der Waals surface area contributed by atoms with Crippen LogP contribution in [0.4, 0.5) is 17.3 Å². The Morgan fingerprint density at radius 2 is 1.64 bits per heavy atom. The van der Waals surface area contributed by atoms with Crippen molar-refractivity contribution >= 4 is 34.1 Å². The van der Waals surface area contributed by atoms with E-state index < -0.39 is 0 Å². The van der Waals surface area contributed by atoms with Crippen LogP contribution >= 0.6 is 0 Å². The molecule has 0 spiro atoms. The van der Waals surface area contributed by atoms with Gasteiger partial charge in [0.15, 0.2) is 0 Å². The van der Waals surface area contributed by atoms with Gasteiger partial charge in [-0.3, -0.25) is 9.78 Å². The number of anilines is 3. The second kappa shape index (κ2) is 7.71. The summed E-state index contributed by atoms with van der Waals surface area (Å²) in [6.07, 6.45) is 4.64. The van der Waals surface area contributed by atoms with Gasteiger partial charge < -0.3 is 15.4 Å². The minimum absolute atomic E-state index is 0.304. The Labute approximate surface area is 161 Å². The van der Waals surface area contributed by atoms with Crippen molar-refractivity contribution in [2.24, 2.45) is 0 Å². The third kappa shape index (κ3) is 3.59. The molecular weight excluding hydrogens is 354 g/mol. The lowest BCUT2D eigenvalue weighted by molar-refractivity contribution is 0.102. The van der Waals surface area contributed by atoms with Crippen molar-refractivity contribution in [1.82, 2.24) is 15.0 Å². The van der Waals surface area contributed by atoms with E-state index in [1.807, 2.05) is 54.6 Å². The lowest BCUT2D eigenvalue weighted by atomic mass is 10.2. The summed E-state index contributed by atoms with van der Waals surface area (Å²) in [4.78, 5) is 25.3. The normalized spacial score (nSPS) is 10.5. The molecule has 2 aromatic heterocycles. The van der Waals surface area contributed by atoms with Gasteiger partial charge in [0.25, 0.3) is 5.91 Å². The molecule has 0 aliphatic heterocycles. The summed E-state index contributed by atoms with van der Waals surface area (Å²) in [6.45, 7) is 0. The van der Waals surface area contributed by atoms with Crippen LogP contribution in [-0.4, -0.2) is 28.0 Å². The van der Waals surface area contributed by atoms with E-state index in [9.17, 15) is 4.79 Å². The third-order valence-electron chi connectivity index (χ3n) is 4.15. The van der Waals surface area contributed by atoms with Gasteiger partial charge in [0, 0.05) is 24.0 Å². The SMILES string of the molecule is COc1ccccc1Nc1ncc(C(=O)Nc2cccc3cccnc23)cn1. The summed E-state index contributed by atoms with van der Waals surface area (Å²) in [5.41, 5.74) is 2.45. The second-order valence-corrected chi connectivity index (χ2v) is 5.96. The summed E-state index contributed by atoms with van der Waals surface area (Å²) < 4.78 is 5.29. The number of methoxy groups -OCH3 is 1. The number of ether oxygens (including phenoxy) is 1. The van der Waals surface area contributed by atoms with Crippen LogP contribution in [-0.2, 0) is 0 Å². The number of nitrogens with zero attached hydrogens (tertiary/aromatic N) is 3. The smallest absolute Gasteiger partial charge is 0.258 e. The molecule has 0 aliphatic rings. The van der Waals surface area contributed by atoms with E-state index >= 15 is 0 Å². The monoisotopic (exact) mass is 371 g/mol. The van der Waals surface area contributed by atoms with Crippen LogP contribution in [0.1, 0.15) is 10.4 Å². The summed E-state index contributed by atoms with van der Waals surface area (Å²) >= 11 is 0. The van der Waals surface area contributed by atoms with Gasteiger partial charge in [-0.1, -0.05) is 30.3 Å². The van der Waals surface area contributed by atoms with Gasteiger partial charge in [0.05, 0.1) is 29.6 Å². The maximum atomic E-state index is 12.6. The Morgan fingerprint density at radius 1 is 0.893 bits per heavy atom. The minimum Gasteiger partial charge on any atom is -0.495 e. The fourth-order valence-corrected chi connectivity index (χ4v) is 2.78. The summed E-state index contributed by atoms with van der Waals surface area (Å²) in [5.74, 6) is 0.742. The quantitative estimate of drug-likeness (QED) is 0.551. The number of amides is 1. The molecule has 0 saturated heterocycles. The summed E-state index contributed by atoms with van der Waals surface area (Å²) in [6, 6.07) is 16.9. The van der Waals surface area contributed by atoms with Gasteiger partial charge in [-0.05, 0) is 24.3 Å². The Hall–Kier alpha value is -4.00. The average molecular weight is 371 g/mol. The van der Waals surface area contributed by atoms with E-state index in [2.05, 4.69) is 25.6 Å². The highest BCUT2D eigenvalue weighted by molar-refractivity contribution is 6.08. The van der Waals surface area contributed by atoms with Crippen molar-refractivity contribution in [2.45, 2.75) is 0 Å². The zero-order valence-corrected chi connectivity index (χ0v) is 15.1. The molecule has 2 heterocycles. The molecule has 0 bridgehead atoms. The molecular formula is C21H17N5O2. The van der Waals surface area contributed by atoms with E-state index in [1.165, 1.54) is 12.4 Å². The highest BCUT2D eigenvalue weighted by atomic mass is 16.5. The number of nitrogens with one attached hydrogen (secondary N) is 2. The first-order valence-corrected chi connectivity index (χ1v) is 8.62. The molecule has 0 radical (unpaired) electrons. The number of benzene rings is 2. The molecule has 7 heteroatoms. The third-order valence-corrected chi connectivity index (χ3v) is 4.15. The maximum Gasteiger partial charge on any atom is 0.258 e. The van der Waals surface area contributed by atoms with E-state index in [-0.39, 0.29) is 5.91 Å². The predicted octanol–water partition coefficient (Wildman–Crippen LogP) is 4.03. The number of carbonyl (C=O) groups is 1. The molecule has 0 saturated carbocycles. The molecule has 0 atom stereocenters. The van der Waals surface area contributed by atoms with Crippen LogP contribution < -0.4 is 15.4 Å². The van der Waals surface area contributed by atoms with Gasteiger partial charge >= 0.3 is 0 Å². The Balaban J connectivity index is 1.51. The lowest BCUT2D eigenvalue weighted by Gasteiger charge is -2.10. The minimum atomic E-state index is -0.304. The number of carbonyl (C=O) groups excluding carboxylic acids is 1. The first kappa shape index (κ1) is 17.4. The largest absolute Gasteiger partial charge is 0.495 e. The molecule has 4 aromatic rings. The first-order valence-electron chi connectivity index (χ1n) is 8.62. The number of para-hydroxylation sites is 3. The van der Waals surface area contributed by atoms with Crippen molar-refractivity contribution in [1.29, 1.82) is 0 Å². The molecule has 4 rings (SSSR count). The highest BCUT2D eigenvalue weighted by Gasteiger charge is 2.11. The van der Waals surface area contributed by atoms with Gasteiger partial charge in [-0.25, -0.2) is 9.97 Å². The fourth-order valence-electron chi connectivity index (χ4n) is 2.78. The molecule has 28 heavy (non-hydrogen) atoms. The molecule has 7 nitrogen and oxygen atoms in total. The van der Waals surface area contributed by atoms with Gasteiger partial charge in [-0.2, -0.15) is 0 Å². The van der Waals surface area contributed by atoms with Crippen molar-refractivity contribution < 1.29 is 9.53 Å². The van der Waals surface area contributed by atoms with Crippen LogP contribution in [0, 0.1) is 0 Å². The number of hydrogen-bond donors (Lipinski definition) is 2. The van der Waals surface area contributed by atoms with E-state index in [4.69, 9.17) is 4.74 Å². The Bertz CT molecular complexity index is 1120. The molecule has 0 unspecified atom stereocenters. The Morgan fingerprint density at radius 3 is 2.46 bits per heavy atom. The molecule has 2 N–H and O–H groups in total. The molecule has 138 valence electrons. The van der Waals surface area contributed by atoms with Crippen LogP contribution in [0.2, 0.25) is 0 Å². The number of rotatable bonds is 5. The number of pyridine rings is 1. The number of fused-ring (bicyclic) bond motifs is 1. The maximum absolute atomic E-state index is 12.6. The van der Waals surface area contributed by atoms with E-state index in [0.717, 1.165) is 16.6 Å². The number of aromatic nitrogens is 3. The molecule has 1 amide bonds.